The zero-order valence-corrected chi connectivity index (χ0v) is 7.81. The summed E-state index contributed by atoms with van der Waals surface area (Å²) in [6.07, 6.45) is 1.08. The number of pyridine rings is 1. The van der Waals surface area contributed by atoms with E-state index in [1.807, 2.05) is 0 Å². The molecule has 66 valence electrons. The van der Waals surface area contributed by atoms with Gasteiger partial charge >= 0.3 is 6.55 Å². The van der Waals surface area contributed by atoms with Crippen molar-refractivity contribution in [2.24, 2.45) is 0 Å². The van der Waals surface area contributed by atoms with Crippen LogP contribution in [0.25, 0.3) is 0 Å². The summed E-state index contributed by atoms with van der Waals surface area (Å²) in [7, 11) is 0. The van der Waals surface area contributed by atoms with Crippen molar-refractivity contribution in [3.8, 4) is 0 Å². The Kier molecular flexibility index (Phi) is 2.62. The second-order valence-electron chi connectivity index (χ2n) is 2.30. The van der Waals surface area contributed by atoms with Gasteiger partial charge in [0, 0.05) is 6.20 Å². The molecular formula is C7H6BrF2NO. The van der Waals surface area contributed by atoms with E-state index in [9.17, 15) is 13.6 Å². The van der Waals surface area contributed by atoms with Gasteiger partial charge in [-0.1, -0.05) is 0 Å². The van der Waals surface area contributed by atoms with Crippen molar-refractivity contribution in [2.75, 3.05) is 0 Å². The number of hydrogen-bond donors (Lipinski definition) is 0. The summed E-state index contributed by atoms with van der Waals surface area (Å²) in [4.78, 5) is 11.1. The van der Waals surface area contributed by atoms with Crippen molar-refractivity contribution >= 4 is 15.9 Å². The first kappa shape index (κ1) is 9.38. The third-order valence-electron chi connectivity index (χ3n) is 1.46. The molecular weight excluding hydrogens is 232 g/mol. The van der Waals surface area contributed by atoms with Crippen LogP contribution >= 0.6 is 15.9 Å². The lowest BCUT2D eigenvalue weighted by atomic mass is 10.3. The van der Waals surface area contributed by atoms with E-state index in [0.29, 0.717) is 10.1 Å². The second-order valence-corrected chi connectivity index (χ2v) is 3.10. The molecule has 0 spiro atoms. The zero-order chi connectivity index (χ0) is 9.30. The van der Waals surface area contributed by atoms with E-state index in [0.717, 1.165) is 6.20 Å². The van der Waals surface area contributed by atoms with Crippen LogP contribution < -0.4 is 5.56 Å². The minimum atomic E-state index is -2.78. The highest BCUT2D eigenvalue weighted by atomic mass is 79.9. The topological polar surface area (TPSA) is 22.0 Å². The smallest absolute Gasteiger partial charge is 0.268 e. The van der Waals surface area contributed by atoms with E-state index in [2.05, 4.69) is 15.9 Å². The SMILES string of the molecule is Cc1ccn(C(F)F)c(=O)c1Br. The number of hydrogen-bond acceptors (Lipinski definition) is 1. The van der Waals surface area contributed by atoms with Crippen molar-refractivity contribution in [3.63, 3.8) is 0 Å². The van der Waals surface area contributed by atoms with Crippen LogP contribution in [-0.4, -0.2) is 4.57 Å². The van der Waals surface area contributed by atoms with E-state index in [4.69, 9.17) is 0 Å². The quantitative estimate of drug-likeness (QED) is 0.735. The van der Waals surface area contributed by atoms with Gasteiger partial charge in [-0.05, 0) is 34.5 Å². The Labute approximate surface area is 76.0 Å². The van der Waals surface area contributed by atoms with E-state index in [1.54, 1.807) is 6.92 Å². The Morgan fingerprint density at radius 2 is 2.17 bits per heavy atom. The standard InChI is InChI=1S/C7H6BrF2NO/c1-4-2-3-11(7(9)10)6(12)5(4)8/h2-3,7H,1H3. The minimum absolute atomic E-state index is 0.185. The molecule has 0 amide bonds. The van der Waals surface area contributed by atoms with Gasteiger partial charge in [0.2, 0.25) is 0 Å². The fourth-order valence-corrected chi connectivity index (χ4v) is 1.11. The van der Waals surface area contributed by atoms with Crippen LogP contribution in [0.1, 0.15) is 12.1 Å². The van der Waals surface area contributed by atoms with Crippen LogP contribution in [0.2, 0.25) is 0 Å². The molecule has 1 aromatic heterocycles. The maximum Gasteiger partial charge on any atom is 0.321 e. The molecule has 0 unspecified atom stereocenters. The average Bonchev–Trinajstić information content (AvgIpc) is 2.00. The van der Waals surface area contributed by atoms with Gasteiger partial charge in [-0.15, -0.1) is 0 Å². The Balaban J connectivity index is 3.37. The maximum atomic E-state index is 12.1. The lowest BCUT2D eigenvalue weighted by molar-refractivity contribution is 0.0660. The average molecular weight is 238 g/mol. The molecule has 0 radical (unpaired) electrons. The molecule has 0 atom stereocenters. The second kappa shape index (κ2) is 3.35. The molecule has 12 heavy (non-hydrogen) atoms. The largest absolute Gasteiger partial charge is 0.321 e. The Hall–Kier alpha value is -0.710. The van der Waals surface area contributed by atoms with Gasteiger partial charge in [-0.2, -0.15) is 8.78 Å². The van der Waals surface area contributed by atoms with E-state index in [-0.39, 0.29) is 4.47 Å². The normalized spacial score (nSPS) is 10.8. The molecule has 0 fully saturated rings. The fraction of sp³-hybridized carbons (Fsp3) is 0.286. The summed E-state index contributed by atoms with van der Waals surface area (Å²) in [5, 5.41) is 0. The highest BCUT2D eigenvalue weighted by molar-refractivity contribution is 9.10. The molecule has 1 rings (SSSR count). The van der Waals surface area contributed by atoms with Gasteiger partial charge in [0.15, 0.2) is 0 Å². The van der Waals surface area contributed by atoms with Crippen LogP contribution in [0.4, 0.5) is 8.78 Å². The molecule has 0 N–H and O–H groups in total. The van der Waals surface area contributed by atoms with Gasteiger partial charge < -0.3 is 0 Å². The molecule has 0 aliphatic rings. The van der Waals surface area contributed by atoms with E-state index in [1.165, 1.54) is 6.07 Å². The van der Waals surface area contributed by atoms with Gasteiger partial charge in [0.25, 0.3) is 5.56 Å². The number of alkyl halides is 2. The van der Waals surface area contributed by atoms with Gasteiger partial charge in [-0.25, -0.2) is 0 Å². The van der Waals surface area contributed by atoms with Gasteiger partial charge in [0.1, 0.15) is 0 Å². The lowest BCUT2D eigenvalue weighted by Gasteiger charge is -2.04. The van der Waals surface area contributed by atoms with Crippen LogP contribution in [0.5, 0.6) is 0 Å². The molecule has 0 aromatic carbocycles. The summed E-state index contributed by atoms with van der Waals surface area (Å²) >= 11 is 2.93. The molecule has 0 bridgehead atoms. The third-order valence-corrected chi connectivity index (χ3v) is 2.43. The van der Waals surface area contributed by atoms with Crippen molar-refractivity contribution in [1.29, 1.82) is 0 Å². The number of nitrogens with zero attached hydrogens (tertiary/aromatic N) is 1. The van der Waals surface area contributed by atoms with E-state index >= 15 is 0 Å². The zero-order valence-electron chi connectivity index (χ0n) is 6.22. The lowest BCUT2D eigenvalue weighted by Crippen LogP contribution is -2.21. The molecule has 1 heterocycles. The van der Waals surface area contributed by atoms with E-state index < -0.39 is 12.1 Å². The summed E-state index contributed by atoms with van der Waals surface area (Å²) in [6, 6.07) is 1.46. The number of halogens is 3. The monoisotopic (exact) mass is 237 g/mol. The van der Waals surface area contributed by atoms with Crippen molar-refractivity contribution in [1.82, 2.24) is 4.57 Å². The van der Waals surface area contributed by atoms with Crippen LogP contribution in [0.3, 0.4) is 0 Å². The van der Waals surface area contributed by atoms with Gasteiger partial charge in [0.05, 0.1) is 4.47 Å². The molecule has 0 saturated heterocycles. The first-order chi connectivity index (χ1) is 5.54. The Bertz CT molecular complexity index is 348. The van der Waals surface area contributed by atoms with Crippen molar-refractivity contribution in [3.05, 3.63) is 32.7 Å². The number of aryl methyl sites for hydroxylation is 1. The first-order valence-electron chi connectivity index (χ1n) is 3.19. The first-order valence-corrected chi connectivity index (χ1v) is 3.98. The summed E-state index contributed by atoms with van der Waals surface area (Å²) in [6.45, 7) is -1.12. The summed E-state index contributed by atoms with van der Waals surface area (Å²) in [5.41, 5.74) is -0.0538. The molecule has 5 heteroatoms. The molecule has 0 aliphatic heterocycles. The highest BCUT2D eigenvalue weighted by Crippen LogP contribution is 2.13. The van der Waals surface area contributed by atoms with Crippen LogP contribution in [-0.2, 0) is 0 Å². The summed E-state index contributed by atoms with van der Waals surface area (Å²) in [5.74, 6) is 0. The van der Waals surface area contributed by atoms with Gasteiger partial charge in [-0.3, -0.25) is 9.36 Å². The predicted molar refractivity (Wildman–Crippen MR) is 44.4 cm³/mol. The van der Waals surface area contributed by atoms with Crippen LogP contribution in [0.15, 0.2) is 21.5 Å². The molecule has 0 aliphatic carbocycles. The molecule has 2 nitrogen and oxygen atoms in total. The Morgan fingerprint density at radius 1 is 1.58 bits per heavy atom. The van der Waals surface area contributed by atoms with Crippen molar-refractivity contribution < 1.29 is 8.78 Å². The highest BCUT2D eigenvalue weighted by Gasteiger charge is 2.10. The fourth-order valence-electron chi connectivity index (χ4n) is 0.769. The maximum absolute atomic E-state index is 12.1. The number of rotatable bonds is 1. The predicted octanol–water partition coefficient (Wildman–Crippen LogP) is 2.31. The molecule has 0 saturated carbocycles. The Morgan fingerprint density at radius 3 is 2.67 bits per heavy atom. The molecule has 1 aromatic rings. The third kappa shape index (κ3) is 1.55. The minimum Gasteiger partial charge on any atom is -0.268 e. The van der Waals surface area contributed by atoms with Crippen LogP contribution in [0, 0.1) is 6.92 Å². The number of aromatic nitrogens is 1. The van der Waals surface area contributed by atoms with Crippen molar-refractivity contribution in [2.45, 2.75) is 13.5 Å². The summed E-state index contributed by atoms with van der Waals surface area (Å²) < 4.78 is 24.7.